The Morgan fingerprint density at radius 3 is 1.22 bits per heavy atom. The Balaban J connectivity index is 0.000000144. The van der Waals surface area contributed by atoms with Gasteiger partial charge in [0, 0.05) is 185 Å². The predicted molar refractivity (Wildman–Crippen MR) is 545 cm³/mol. The molecule has 1 N–H and O–H groups in total. The van der Waals surface area contributed by atoms with Crippen LogP contribution in [0.25, 0.3) is 52.9 Å². The van der Waals surface area contributed by atoms with Crippen molar-refractivity contribution in [1.29, 1.82) is 0 Å². The number of amides is 4. The number of aromatic nitrogens is 7. The van der Waals surface area contributed by atoms with Crippen LogP contribution in [-0.2, 0) is 62.8 Å². The summed E-state index contributed by atoms with van der Waals surface area (Å²) in [6, 6.07) is 43.2. The topological polar surface area (TPSA) is 259 Å². The van der Waals surface area contributed by atoms with E-state index in [1.54, 1.807) is 53.6 Å². The number of carbonyl (C=O) groups excluding carboxylic acids is 4. The number of pyridine rings is 1. The maximum absolute atomic E-state index is 13.4. The molecule has 722 valence electrons. The van der Waals surface area contributed by atoms with E-state index in [9.17, 15) is 19.2 Å². The molecule has 31 nitrogen and oxygen atoms in total. The lowest BCUT2D eigenvalue weighted by Crippen LogP contribution is -2.58. The number of nitrogens with one attached hydrogen (secondary N) is 1. The van der Waals surface area contributed by atoms with Crippen molar-refractivity contribution in [2.75, 3.05) is 202 Å². The summed E-state index contributed by atoms with van der Waals surface area (Å²) >= 11 is 6.72. The fraction of sp³-hybridized carbons (Fsp3) is 0.439. The van der Waals surface area contributed by atoms with E-state index in [2.05, 4.69) is 208 Å². The molecule has 4 aromatic heterocycles. The Kier molecular flexibility index (Phi) is 31.3. The lowest BCUT2D eigenvalue weighted by atomic mass is 9.99. The third kappa shape index (κ3) is 22.4. The first-order valence-electron chi connectivity index (χ1n) is 48.6. The maximum atomic E-state index is 13.4. The van der Waals surface area contributed by atoms with E-state index in [-0.39, 0.29) is 67.1 Å². The first-order chi connectivity index (χ1) is 67.7. The predicted octanol–water partition coefficient (Wildman–Crippen LogP) is 13.0. The number of carbonyl (C=O) groups is 4. The molecule has 13 heterocycles. The van der Waals surface area contributed by atoms with Gasteiger partial charge in [-0.05, 0) is 188 Å². The Labute approximate surface area is 819 Å². The highest BCUT2D eigenvalue weighted by molar-refractivity contribution is 6.36. The number of rotatable bonds is 25. The number of benzene rings is 6. The quantitative estimate of drug-likeness (QED) is 0.0412. The highest BCUT2D eigenvalue weighted by Gasteiger charge is 2.41. The third-order valence-corrected chi connectivity index (χ3v) is 29.0. The number of piperazine rings is 3. The molecular weight excluding hydrogens is 1770 g/mol. The van der Waals surface area contributed by atoms with Crippen molar-refractivity contribution in [3.8, 4) is 18.0 Å². The first-order valence-corrected chi connectivity index (χ1v) is 49.0. The molecule has 6 atom stereocenters. The summed E-state index contributed by atoms with van der Waals surface area (Å²) in [7, 11) is 8.01. The van der Waals surface area contributed by atoms with Crippen molar-refractivity contribution in [3.63, 3.8) is 0 Å². The van der Waals surface area contributed by atoms with Crippen LogP contribution in [0.5, 0.6) is 18.0 Å². The molecule has 139 heavy (non-hydrogen) atoms. The van der Waals surface area contributed by atoms with Gasteiger partial charge in [0.1, 0.15) is 55.4 Å². The van der Waals surface area contributed by atoms with Gasteiger partial charge in [0.15, 0.2) is 0 Å². The molecule has 32 heteroatoms. The smallest absolute Gasteiger partial charge is 0.318 e. The van der Waals surface area contributed by atoms with Gasteiger partial charge < -0.3 is 97.6 Å². The van der Waals surface area contributed by atoms with Crippen LogP contribution in [0.2, 0.25) is 5.02 Å². The highest BCUT2D eigenvalue weighted by Crippen LogP contribution is 2.42. The Hall–Kier alpha value is -13.6. The van der Waals surface area contributed by atoms with E-state index in [1.165, 1.54) is 57.4 Å². The molecule has 6 aromatic carbocycles. The van der Waals surface area contributed by atoms with Crippen LogP contribution in [0.15, 0.2) is 164 Å². The summed E-state index contributed by atoms with van der Waals surface area (Å²) < 4.78 is 24.0. The van der Waals surface area contributed by atoms with E-state index < -0.39 is 0 Å². The molecule has 4 amide bonds. The highest BCUT2D eigenvalue weighted by atomic mass is 35.5. The monoisotopic (exact) mass is 1890 g/mol. The SMILES string of the molecule is [C-]#[N+]C[C@H]1CN(c2nc(OC[C@@H]3CCCN3C)nc3c2CCN(c2cccc4cccc(C)c24)C3)CCN1C(=O)/C=C/c1ccncc1.[C-]#[N+]C[C@H]1CN(c2nc(OC[C@@H]3CCCN3C)nc3c2CCN(c2cccc4cccc(C)c24)C3)CCN1C(=O)C(=C)NC(C)=O.[C-]#[N+]C[C@H]1CN(c2nc(OC[C@@H]3CCCN3C)nc3c2CCN(c2cccc4cccc(Cl)c24)C3)CCN1C(=O)/C=C/COC. The summed E-state index contributed by atoms with van der Waals surface area (Å²) in [5.41, 5.74) is 13.1. The van der Waals surface area contributed by atoms with Crippen molar-refractivity contribution in [2.24, 2.45) is 0 Å². The number of halogens is 1. The second-order valence-electron chi connectivity index (χ2n) is 37.6. The van der Waals surface area contributed by atoms with E-state index >= 15 is 0 Å². The third-order valence-electron chi connectivity index (χ3n) is 28.6. The number of anilines is 6. The number of ether oxygens (including phenoxy) is 4. The van der Waals surface area contributed by atoms with E-state index in [4.69, 9.17) is 80.2 Å². The largest absolute Gasteiger partial charge is 0.462 e. The second kappa shape index (κ2) is 44.9. The molecule has 0 aliphatic carbocycles. The molecule has 0 spiro atoms. The zero-order valence-corrected chi connectivity index (χ0v) is 81.5. The maximum Gasteiger partial charge on any atom is 0.318 e. The molecule has 19 rings (SSSR count). The molecule has 10 aromatic rings. The lowest BCUT2D eigenvalue weighted by molar-refractivity contribution is -0.131. The van der Waals surface area contributed by atoms with Gasteiger partial charge in [0.25, 0.3) is 5.91 Å². The second-order valence-corrected chi connectivity index (χ2v) is 38.0. The minimum atomic E-state index is -0.384. The van der Waals surface area contributed by atoms with E-state index in [0.717, 1.165) is 169 Å². The fourth-order valence-corrected chi connectivity index (χ4v) is 21.5. The number of aryl methyl sites for hydroxylation is 2. The average molecular weight is 1900 g/mol. The zero-order valence-electron chi connectivity index (χ0n) is 80.7. The van der Waals surface area contributed by atoms with Crippen LogP contribution < -0.4 is 48.9 Å². The number of likely N-dealkylation sites (tertiary alicyclic amines) is 3. The van der Waals surface area contributed by atoms with Gasteiger partial charge in [0.2, 0.25) is 37.4 Å². The van der Waals surface area contributed by atoms with Crippen LogP contribution in [-0.4, -0.2) is 297 Å². The van der Waals surface area contributed by atoms with E-state index in [1.807, 2.05) is 29.2 Å². The minimum absolute atomic E-state index is 0.0201. The van der Waals surface area contributed by atoms with Crippen molar-refractivity contribution < 1.29 is 38.1 Å². The zero-order chi connectivity index (χ0) is 96.7. The number of hydrogen-bond acceptors (Lipinski definition) is 24. The molecule has 9 aliphatic rings. The lowest BCUT2D eigenvalue weighted by Gasteiger charge is -2.41. The van der Waals surface area contributed by atoms with Crippen LogP contribution in [0, 0.1) is 33.6 Å². The van der Waals surface area contributed by atoms with Gasteiger partial charge >= 0.3 is 18.0 Å². The summed E-state index contributed by atoms with van der Waals surface area (Å²) in [4.78, 5) is 122. The molecule has 9 aliphatic heterocycles. The standard InChI is InChI=1S/C38H42N8O2.C35H42N8O3.C34H40ClN7O3/c1-27-7-4-8-29-9-5-11-34(36(27)29)44-20-16-32-33(25-44)41-38(48-26-30-10-6-19-43(30)3)42-37(32)45-21-22-46(31(24-45)23-39-2)35(47)13-12-28-14-17-40-18-15-28;1-23-9-6-10-26-11-7-13-31(32(23)26)41-16-14-29-30(21-41)38-35(46-22-27-12-8-15-40(27)5)39-33(29)42-17-18-43(28(20-42)19-36-4)34(45)24(2)37-25(3)44;1-36-20-26-21-41(17-18-42(26)31(43)13-7-19-44-3)33-27-14-16-40(30-12-5-9-24-8-4-11-28(35)32(24)30)22-29(27)37-34(38-33)45-23-25-10-6-15-39(25)2/h4-5,7-9,11-15,17-18,30-31H,6,10,16,19-26H2,1,3H3;6-7,9-11,13,27-28H,2,8,12,14-22H2,1,3,5H3,(H,37,44);4-5,7-9,11-13,25-26H,6,10,14-23H2,2-3H3/b13-12+;;13-7+/t30-,31-;27-,28-;25-,26-/m000/s1. The van der Waals surface area contributed by atoms with Crippen molar-refractivity contribution in [2.45, 2.75) is 134 Å². The summed E-state index contributed by atoms with van der Waals surface area (Å²) in [5.74, 6) is 1.64. The molecule has 0 unspecified atom stereocenters. The summed E-state index contributed by atoms with van der Waals surface area (Å²) in [5, 5.41) is 10.4. The van der Waals surface area contributed by atoms with E-state index in [0.29, 0.717) is 141 Å². The Bertz CT molecular complexity index is 6350. The van der Waals surface area contributed by atoms with Crippen molar-refractivity contribution in [3.05, 3.63) is 254 Å². The van der Waals surface area contributed by atoms with Crippen molar-refractivity contribution >= 4 is 108 Å². The van der Waals surface area contributed by atoms with Gasteiger partial charge in [0.05, 0.1) is 54.0 Å². The normalized spacial score (nSPS) is 20.1. The molecule has 0 bridgehead atoms. The number of likely N-dealkylation sites (N-methyl/N-ethyl adjacent to an activating group) is 3. The first kappa shape index (κ1) is 97.1. The molecule has 0 saturated carbocycles. The number of hydrogen-bond donors (Lipinski definition) is 1. The van der Waals surface area contributed by atoms with Crippen molar-refractivity contribution in [1.82, 2.24) is 69.6 Å². The van der Waals surface area contributed by atoms with Crippen LogP contribution in [0.3, 0.4) is 0 Å². The number of methoxy groups -OCH3 is 1. The summed E-state index contributed by atoms with van der Waals surface area (Å²) in [6.45, 7) is 47.0. The molecular formula is C107H124ClN23O8. The van der Waals surface area contributed by atoms with Crippen LogP contribution >= 0.6 is 11.6 Å². The summed E-state index contributed by atoms with van der Waals surface area (Å²) in [6.07, 6.45) is 19.1. The number of nitrogens with zero attached hydrogens (tertiary/aromatic N) is 22. The van der Waals surface area contributed by atoms with Gasteiger partial charge in [-0.15, -0.1) is 0 Å². The van der Waals surface area contributed by atoms with Crippen LogP contribution in [0.1, 0.15) is 95.9 Å². The Morgan fingerprint density at radius 2 is 0.835 bits per heavy atom. The van der Waals surface area contributed by atoms with Gasteiger partial charge in [-0.3, -0.25) is 24.2 Å². The fourth-order valence-electron chi connectivity index (χ4n) is 21.2. The number of fused-ring (bicyclic) bond motifs is 6. The van der Waals surface area contributed by atoms with Gasteiger partial charge in [-0.1, -0.05) is 109 Å². The van der Waals surface area contributed by atoms with Gasteiger partial charge in [-0.2, -0.15) is 29.9 Å². The molecule has 0 radical (unpaired) electrons. The minimum Gasteiger partial charge on any atom is -0.462 e. The van der Waals surface area contributed by atoms with Crippen LogP contribution in [0.4, 0.5) is 34.5 Å². The van der Waals surface area contributed by atoms with Gasteiger partial charge in [-0.25, -0.2) is 19.7 Å². The molecule has 6 saturated heterocycles. The molecule has 6 fully saturated rings. The average Bonchev–Trinajstić information content (AvgIpc) is 0.858. The Morgan fingerprint density at radius 1 is 0.460 bits per heavy atom.